The minimum atomic E-state index is -4.65. The second kappa shape index (κ2) is 10.3. The average molecular weight is 511 g/mol. The number of amides is 1. The molecule has 1 aromatic heterocycles. The van der Waals surface area contributed by atoms with Crippen molar-refractivity contribution in [2.45, 2.75) is 25.6 Å². The molecule has 0 aliphatic carbocycles. The molecule has 186 valence electrons. The maximum Gasteiger partial charge on any atom is 0.433 e. The molecule has 1 unspecified atom stereocenters. The van der Waals surface area contributed by atoms with Crippen LogP contribution >= 0.6 is 0 Å². The van der Waals surface area contributed by atoms with Crippen LogP contribution in [0.1, 0.15) is 29.7 Å². The summed E-state index contributed by atoms with van der Waals surface area (Å²) in [6, 6.07) is 14.2. The van der Waals surface area contributed by atoms with Crippen molar-refractivity contribution in [3.05, 3.63) is 83.3 Å². The molecule has 1 atom stereocenters. The van der Waals surface area contributed by atoms with Crippen LogP contribution in [0.3, 0.4) is 0 Å². The minimum Gasteiger partial charge on any atom is -0.351 e. The van der Waals surface area contributed by atoms with Crippen molar-refractivity contribution < 1.29 is 30.8 Å². The number of hydrogen-bond donors (Lipinski definition) is 3. The van der Waals surface area contributed by atoms with Gasteiger partial charge in [-0.15, -0.1) is 0 Å². The van der Waals surface area contributed by atoms with E-state index in [-0.39, 0.29) is 23.6 Å². The minimum absolute atomic E-state index is 0.0683. The largest absolute Gasteiger partial charge is 0.433 e. The Hall–Kier alpha value is -3.67. The van der Waals surface area contributed by atoms with Gasteiger partial charge in [-0.1, -0.05) is 30.3 Å². The van der Waals surface area contributed by atoms with Gasteiger partial charge < -0.3 is 10.6 Å². The second-order valence-electron chi connectivity index (χ2n) is 7.75. The Labute approximate surface area is 199 Å². The van der Waals surface area contributed by atoms with Gasteiger partial charge in [-0.3, -0.25) is 9.52 Å². The molecule has 0 aliphatic heterocycles. The highest BCUT2D eigenvalue weighted by Crippen LogP contribution is 2.30. The summed E-state index contributed by atoms with van der Waals surface area (Å²) in [5, 5.41) is 5.45. The molecule has 1 amide bonds. The first-order valence-electron chi connectivity index (χ1n) is 10.3. The second-order valence-corrected chi connectivity index (χ2v) is 9.49. The average Bonchev–Trinajstić information content (AvgIpc) is 2.78. The number of benzene rings is 2. The number of nitrogens with one attached hydrogen (secondary N) is 3. The zero-order valence-corrected chi connectivity index (χ0v) is 19.5. The van der Waals surface area contributed by atoms with Gasteiger partial charge in [0.05, 0.1) is 17.9 Å². The SMILES string of the molecule is CC(C(=O)NCc1ccc(C(F)(F)F)nc1Nc1ccccc1)c1ccc(NS(C)(=O)=O)c(F)c1. The number of alkyl halides is 3. The van der Waals surface area contributed by atoms with Gasteiger partial charge in [0.1, 0.15) is 17.3 Å². The fourth-order valence-corrected chi connectivity index (χ4v) is 3.69. The zero-order valence-electron chi connectivity index (χ0n) is 18.7. The third-order valence-corrected chi connectivity index (χ3v) is 5.53. The van der Waals surface area contributed by atoms with Gasteiger partial charge in [0.2, 0.25) is 15.9 Å². The van der Waals surface area contributed by atoms with E-state index in [1.54, 1.807) is 30.3 Å². The van der Waals surface area contributed by atoms with E-state index < -0.39 is 39.5 Å². The third kappa shape index (κ3) is 7.15. The fourth-order valence-electron chi connectivity index (χ4n) is 3.12. The number of nitrogens with zero attached hydrogens (tertiary/aromatic N) is 1. The molecule has 1 heterocycles. The van der Waals surface area contributed by atoms with Gasteiger partial charge in [-0.05, 0) is 42.8 Å². The highest BCUT2D eigenvalue weighted by molar-refractivity contribution is 7.92. The number of aromatic nitrogens is 1. The number of hydrogen-bond acceptors (Lipinski definition) is 5. The molecular weight excluding hydrogens is 488 g/mol. The lowest BCUT2D eigenvalue weighted by molar-refractivity contribution is -0.141. The van der Waals surface area contributed by atoms with Gasteiger partial charge >= 0.3 is 6.18 Å². The van der Waals surface area contributed by atoms with Crippen LogP contribution in [0.25, 0.3) is 0 Å². The number of anilines is 3. The van der Waals surface area contributed by atoms with Gasteiger partial charge in [-0.2, -0.15) is 13.2 Å². The van der Waals surface area contributed by atoms with E-state index in [2.05, 4.69) is 15.6 Å². The van der Waals surface area contributed by atoms with E-state index in [9.17, 15) is 30.8 Å². The first kappa shape index (κ1) is 25.9. The summed E-state index contributed by atoms with van der Waals surface area (Å²) in [5.41, 5.74) is -0.235. The predicted octanol–water partition coefficient (Wildman–Crippen LogP) is 4.77. The predicted molar refractivity (Wildman–Crippen MR) is 124 cm³/mol. The Morgan fingerprint density at radius 3 is 2.34 bits per heavy atom. The normalized spacial score (nSPS) is 12.6. The molecule has 0 bridgehead atoms. The molecule has 0 aliphatic rings. The molecule has 0 fully saturated rings. The Morgan fingerprint density at radius 2 is 1.74 bits per heavy atom. The molecule has 7 nitrogen and oxygen atoms in total. The molecular formula is C23H22F4N4O3S. The summed E-state index contributed by atoms with van der Waals surface area (Å²) in [5.74, 6) is -2.27. The number of pyridine rings is 1. The molecule has 0 saturated carbocycles. The number of carbonyl (C=O) groups excluding carboxylic acids is 1. The van der Waals surface area contributed by atoms with Crippen LogP contribution in [0.2, 0.25) is 0 Å². The summed E-state index contributed by atoms with van der Waals surface area (Å²) >= 11 is 0. The summed E-state index contributed by atoms with van der Waals surface area (Å²) in [6.45, 7) is 1.38. The molecule has 3 N–H and O–H groups in total. The van der Waals surface area contributed by atoms with Crippen molar-refractivity contribution in [3.8, 4) is 0 Å². The van der Waals surface area contributed by atoms with Crippen molar-refractivity contribution in [3.63, 3.8) is 0 Å². The van der Waals surface area contributed by atoms with Gasteiger partial charge in [0.15, 0.2) is 0 Å². The number of carbonyl (C=O) groups is 1. The number of para-hydroxylation sites is 1. The van der Waals surface area contributed by atoms with Gasteiger partial charge in [-0.25, -0.2) is 17.8 Å². The van der Waals surface area contributed by atoms with Crippen LogP contribution in [0.5, 0.6) is 0 Å². The van der Waals surface area contributed by atoms with E-state index >= 15 is 0 Å². The molecule has 35 heavy (non-hydrogen) atoms. The van der Waals surface area contributed by atoms with Gasteiger partial charge in [0, 0.05) is 17.8 Å². The number of halogens is 4. The molecule has 2 aromatic carbocycles. The Kier molecular flexibility index (Phi) is 7.64. The van der Waals surface area contributed by atoms with E-state index in [0.29, 0.717) is 11.3 Å². The van der Waals surface area contributed by atoms with Crippen LogP contribution in [0.15, 0.2) is 60.7 Å². The molecule has 3 rings (SSSR count). The third-order valence-electron chi connectivity index (χ3n) is 4.94. The highest BCUT2D eigenvalue weighted by atomic mass is 32.2. The van der Waals surface area contributed by atoms with Crippen molar-refractivity contribution >= 4 is 33.1 Å². The molecule has 0 spiro atoms. The van der Waals surface area contributed by atoms with Crippen LogP contribution in [0.4, 0.5) is 34.8 Å². The van der Waals surface area contributed by atoms with Crippen molar-refractivity contribution in [1.82, 2.24) is 10.3 Å². The summed E-state index contributed by atoms with van der Waals surface area (Å²) in [4.78, 5) is 16.3. The standard InChI is InChI=1S/C23H22F4N4O3S/c1-14(15-8-10-19(18(24)12-15)31-35(2,33)34)22(32)28-13-16-9-11-20(23(25,26)27)30-21(16)29-17-6-4-3-5-7-17/h3-12,14,31H,13H2,1-2H3,(H,28,32)(H,29,30). The quantitative estimate of drug-likeness (QED) is 0.379. The highest BCUT2D eigenvalue weighted by Gasteiger charge is 2.33. The Balaban J connectivity index is 1.76. The van der Waals surface area contributed by atoms with Crippen molar-refractivity contribution in [1.29, 1.82) is 0 Å². The van der Waals surface area contributed by atoms with E-state index in [1.165, 1.54) is 25.1 Å². The van der Waals surface area contributed by atoms with Crippen LogP contribution < -0.4 is 15.4 Å². The fraction of sp³-hybridized carbons (Fsp3) is 0.217. The maximum absolute atomic E-state index is 14.3. The lowest BCUT2D eigenvalue weighted by Crippen LogP contribution is -2.28. The summed E-state index contributed by atoms with van der Waals surface area (Å²) < 4.78 is 78.4. The lowest BCUT2D eigenvalue weighted by Gasteiger charge is -2.17. The van der Waals surface area contributed by atoms with Crippen molar-refractivity contribution in [2.24, 2.45) is 0 Å². The number of rotatable bonds is 8. The van der Waals surface area contributed by atoms with E-state index in [4.69, 9.17) is 0 Å². The first-order valence-corrected chi connectivity index (χ1v) is 12.2. The monoisotopic (exact) mass is 510 g/mol. The van der Waals surface area contributed by atoms with E-state index in [1.807, 2.05) is 4.72 Å². The first-order chi connectivity index (χ1) is 16.3. The molecule has 3 aromatic rings. The maximum atomic E-state index is 14.3. The summed E-state index contributed by atoms with van der Waals surface area (Å²) in [7, 11) is -3.68. The van der Waals surface area contributed by atoms with Crippen LogP contribution in [-0.4, -0.2) is 25.6 Å². The Bertz CT molecular complexity index is 1320. The molecule has 12 heteroatoms. The lowest BCUT2D eigenvalue weighted by atomic mass is 9.99. The van der Waals surface area contributed by atoms with Gasteiger partial charge in [0.25, 0.3) is 0 Å². The molecule has 0 radical (unpaired) electrons. The molecule has 0 saturated heterocycles. The smallest absolute Gasteiger partial charge is 0.351 e. The topological polar surface area (TPSA) is 100 Å². The number of sulfonamides is 1. The Morgan fingerprint density at radius 1 is 1.06 bits per heavy atom. The van der Waals surface area contributed by atoms with Crippen LogP contribution in [-0.2, 0) is 27.5 Å². The van der Waals surface area contributed by atoms with Crippen LogP contribution in [0, 0.1) is 5.82 Å². The summed E-state index contributed by atoms with van der Waals surface area (Å²) in [6.07, 6.45) is -3.76. The van der Waals surface area contributed by atoms with Crippen molar-refractivity contribution in [2.75, 3.05) is 16.3 Å². The van der Waals surface area contributed by atoms with E-state index in [0.717, 1.165) is 18.4 Å². The zero-order chi connectivity index (χ0) is 25.8.